The molecule has 2 N–H and O–H groups in total. The molecule has 0 aliphatic carbocycles. The summed E-state index contributed by atoms with van der Waals surface area (Å²) in [6.07, 6.45) is 0. The minimum absolute atomic E-state index is 0.275. The zero-order chi connectivity index (χ0) is 14.8. The summed E-state index contributed by atoms with van der Waals surface area (Å²) in [5.74, 6) is 0.750. The number of rotatable bonds is 3. The highest BCUT2D eigenvalue weighted by atomic mass is 35.5. The van der Waals surface area contributed by atoms with Crippen molar-refractivity contribution in [1.29, 1.82) is 0 Å². The van der Waals surface area contributed by atoms with Gasteiger partial charge in [-0.1, -0.05) is 48.0 Å². The second kappa shape index (κ2) is 5.76. The molecule has 1 atom stereocenters. The van der Waals surface area contributed by atoms with E-state index in [2.05, 4.69) is 24.3 Å². The smallest absolute Gasteiger partial charge is 0.124 e. The molecule has 21 heavy (non-hydrogen) atoms. The Morgan fingerprint density at radius 1 is 0.952 bits per heavy atom. The molecular weight excluding hydrogens is 282 g/mol. The van der Waals surface area contributed by atoms with Gasteiger partial charge in [0.1, 0.15) is 5.75 Å². The fraction of sp³-hybridized carbons (Fsp3) is 0.111. The Hall–Kier alpha value is -2.03. The van der Waals surface area contributed by atoms with Gasteiger partial charge in [0.15, 0.2) is 0 Å². The van der Waals surface area contributed by atoms with Crippen molar-refractivity contribution in [2.24, 2.45) is 5.73 Å². The van der Waals surface area contributed by atoms with Crippen molar-refractivity contribution in [3.05, 3.63) is 76.8 Å². The lowest BCUT2D eigenvalue weighted by atomic mass is 9.96. The highest BCUT2D eigenvalue weighted by Crippen LogP contribution is 2.31. The Morgan fingerprint density at radius 3 is 2.48 bits per heavy atom. The highest BCUT2D eigenvalue weighted by Gasteiger charge is 2.15. The van der Waals surface area contributed by atoms with Gasteiger partial charge in [-0.05, 0) is 40.6 Å². The van der Waals surface area contributed by atoms with Crippen molar-refractivity contribution >= 4 is 22.4 Å². The van der Waals surface area contributed by atoms with Gasteiger partial charge in [-0.3, -0.25) is 0 Å². The largest absolute Gasteiger partial charge is 0.496 e. The number of halogens is 1. The van der Waals surface area contributed by atoms with Crippen molar-refractivity contribution in [3.8, 4) is 5.75 Å². The van der Waals surface area contributed by atoms with Gasteiger partial charge in [0.25, 0.3) is 0 Å². The number of methoxy groups -OCH3 is 1. The molecule has 0 fully saturated rings. The van der Waals surface area contributed by atoms with Crippen LogP contribution in [0.5, 0.6) is 5.75 Å². The third kappa shape index (κ3) is 2.73. The van der Waals surface area contributed by atoms with E-state index >= 15 is 0 Å². The number of ether oxygens (including phenoxy) is 1. The average Bonchev–Trinajstić information content (AvgIpc) is 2.53. The van der Waals surface area contributed by atoms with Crippen LogP contribution in [0.15, 0.2) is 60.7 Å². The third-order valence-electron chi connectivity index (χ3n) is 3.66. The predicted octanol–water partition coefficient (Wildman–Crippen LogP) is 4.55. The second-order valence-corrected chi connectivity index (χ2v) is 5.41. The summed E-state index contributed by atoms with van der Waals surface area (Å²) in [5, 5.41) is 3.03. The van der Waals surface area contributed by atoms with E-state index in [-0.39, 0.29) is 6.04 Å². The summed E-state index contributed by atoms with van der Waals surface area (Å²) in [4.78, 5) is 0. The summed E-state index contributed by atoms with van der Waals surface area (Å²) in [6, 6.07) is 19.7. The molecule has 106 valence electrons. The van der Waals surface area contributed by atoms with E-state index in [4.69, 9.17) is 22.1 Å². The molecule has 0 spiro atoms. The first kappa shape index (κ1) is 13.9. The molecule has 0 aromatic heterocycles. The van der Waals surface area contributed by atoms with E-state index in [9.17, 15) is 0 Å². The maximum absolute atomic E-state index is 6.41. The Balaban J connectivity index is 2.07. The van der Waals surface area contributed by atoms with Crippen LogP contribution in [0.2, 0.25) is 5.02 Å². The molecule has 0 aliphatic heterocycles. The summed E-state index contributed by atoms with van der Waals surface area (Å²) in [7, 11) is 1.64. The summed E-state index contributed by atoms with van der Waals surface area (Å²) < 4.78 is 5.39. The maximum Gasteiger partial charge on any atom is 0.124 e. The molecule has 3 aromatic rings. The van der Waals surface area contributed by atoms with Gasteiger partial charge in [0.2, 0.25) is 0 Å². The maximum atomic E-state index is 6.41. The Labute approximate surface area is 129 Å². The molecule has 0 radical (unpaired) electrons. The molecule has 0 bridgehead atoms. The first-order valence-corrected chi connectivity index (χ1v) is 7.14. The average molecular weight is 298 g/mol. The standard InChI is InChI=1S/C18H16ClNO/c1-21-17-9-8-15(19)11-16(17)18(20)14-7-6-12-4-2-3-5-13(12)10-14/h2-11,18H,20H2,1H3. The fourth-order valence-corrected chi connectivity index (χ4v) is 2.71. The molecule has 0 saturated heterocycles. The predicted molar refractivity (Wildman–Crippen MR) is 88.0 cm³/mol. The van der Waals surface area contributed by atoms with Gasteiger partial charge < -0.3 is 10.5 Å². The molecule has 0 saturated carbocycles. The summed E-state index contributed by atoms with van der Waals surface area (Å²) in [6.45, 7) is 0. The van der Waals surface area contributed by atoms with Crippen LogP contribution in [0.4, 0.5) is 0 Å². The van der Waals surface area contributed by atoms with Crippen LogP contribution in [-0.2, 0) is 0 Å². The lowest BCUT2D eigenvalue weighted by Gasteiger charge is -2.17. The van der Waals surface area contributed by atoms with Crippen LogP contribution in [0, 0.1) is 0 Å². The molecule has 3 aromatic carbocycles. The number of fused-ring (bicyclic) bond motifs is 1. The SMILES string of the molecule is COc1ccc(Cl)cc1C(N)c1ccc2ccccc2c1. The van der Waals surface area contributed by atoms with E-state index in [1.807, 2.05) is 30.3 Å². The first-order chi connectivity index (χ1) is 10.2. The number of hydrogen-bond acceptors (Lipinski definition) is 2. The Morgan fingerprint density at radius 2 is 1.71 bits per heavy atom. The van der Waals surface area contributed by atoms with Crippen LogP contribution in [0.1, 0.15) is 17.2 Å². The summed E-state index contributed by atoms with van der Waals surface area (Å²) in [5.41, 5.74) is 8.34. The van der Waals surface area contributed by atoms with Crippen molar-refractivity contribution in [3.63, 3.8) is 0 Å². The molecular formula is C18H16ClNO. The van der Waals surface area contributed by atoms with Crippen LogP contribution in [0.3, 0.4) is 0 Å². The Bertz CT molecular complexity index is 785. The van der Waals surface area contributed by atoms with Gasteiger partial charge in [-0.15, -0.1) is 0 Å². The number of nitrogens with two attached hydrogens (primary N) is 1. The molecule has 1 unspecified atom stereocenters. The monoisotopic (exact) mass is 297 g/mol. The summed E-state index contributed by atoms with van der Waals surface area (Å²) >= 11 is 6.09. The minimum atomic E-state index is -0.275. The Kier molecular flexibility index (Phi) is 3.82. The van der Waals surface area contributed by atoms with Crippen LogP contribution >= 0.6 is 11.6 Å². The lowest BCUT2D eigenvalue weighted by Crippen LogP contribution is -2.13. The van der Waals surface area contributed by atoms with Gasteiger partial charge in [-0.2, -0.15) is 0 Å². The third-order valence-corrected chi connectivity index (χ3v) is 3.89. The van der Waals surface area contributed by atoms with E-state index in [0.717, 1.165) is 16.9 Å². The van der Waals surface area contributed by atoms with Crippen molar-refractivity contribution in [2.45, 2.75) is 6.04 Å². The molecule has 0 aliphatic rings. The topological polar surface area (TPSA) is 35.2 Å². The van der Waals surface area contributed by atoms with E-state index in [0.29, 0.717) is 5.02 Å². The van der Waals surface area contributed by atoms with E-state index < -0.39 is 0 Å². The second-order valence-electron chi connectivity index (χ2n) is 4.97. The first-order valence-electron chi connectivity index (χ1n) is 6.77. The van der Waals surface area contributed by atoms with Gasteiger partial charge in [-0.25, -0.2) is 0 Å². The molecule has 2 nitrogen and oxygen atoms in total. The van der Waals surface area contributed by atoms with Crippen molar-refractivity contribution in [2.75, 3.05) is 7.11 Å². The quantitative estimate of drug-likeness (QED) is 0.770. The lowest BCUT2D eigenvalue weighted by molar-refractivity contribution is 0.408. The van der Waals surface area contributed by atoms with Crippen molar-refractivity contribution in [1.82, 2.24) is 0 Å². The normalized spacial score (nSPS) is 12.3. The molecule has 0 amide bonds. The highest BCUT2D eigenvalue weighted by molar-refractivity contribution is 6.30. The number of benzene rings is 3. The molecule has 0 heterocycles. The van der Waals surface area contributed by atoms with Crippen molar-refractivity contribution < 1.29 is 4.74 Å². The van der Waals surface area contributed by atoms with E-state index in [1.165, 1.54) is 10.8 Å². The zero-order valence-electron chi connectivity index (χ0n) is 11.7. The van der Waals surface area contributed by atoms with Gasteiger partial charge in [0.05, 0.1) is 13.2 Å². The fourth-order valence-electron chi connectivity index (χ4n) is 2.53. The zero-order valence-corrected chi connectivity index (χ0v) is 12.5. The van der Waals surface area contributed by atoms with Crippen LogP contribution < -0.4 is 10.5 Å². The minimum Gasteiger partial charge on any atom is -0.496 e. The van der Waals surface area contributed by atoms with Gasteiger partial charge in [0, 0.05) is 10.6 Å². The number of hydrogen-bond donors (Lipinski definition) is 1. The molecule has 3 rings (SSSR count). The van der Waals surface area contributed by atoms with E-state index in [1.54, 1.807) is 13.2 Å². The molecule has 3 heteroatoms. The van der Waals surface area contributed by atoms with Crippen LogP contribution in [0.25, 0.3) is 10.8 Å². The van der Waals surface area contributed by atoms with Gasteiger partial charge >= 0.3 is 0 Å². The van der Waals surface area contributed by atoms with Crippen LogP contribution in [-0.4, -0.2) is 7.11 Å².